The molecule has 1 aliphatic rings. The maximum Gasteiger partial charge on any atom is 0.316 e. The SMILES string of the molecule is COc1ccc(-n2nc(S(C)(=O)=O)c3c2C(=O)N(c2ccc(C(C)(C)C(=O)OCCO)cc2)CC3)cc1. The molecule has 0 saturated heterocycles. The zero-order valence-electron chi connectivity index (χ0n) is 21.1. The van der Waals surface area contributed by atoms with Gasteiger partial charge in [0.15, 0.2) is 14.9 Å². The van der Waals surface area contributed by atoms with Crippen molar-refractivity contribution in [1.82, 2.24) is 9.78 Å². The lowest BCUT2D eigenvalue weighted by molar-refractivity contribution is -0.150. The van der Waals surface area contributed by atoms with Crippen molar-refractivity contribution in [3.05, 3.63) is 65.4 Å². The van der Waals surface area contributed by atoms with Crippen molar-refractivity contribution in [3.8, 4) is 11.4 Å². The highest BCUT2D eigenvalue weighted by Gasteiger charge is 2.36. The highest BCUT2D eigenvalue weighted by Crippen LogP contribution is 2.33. The molecule has 1 aromatic heterocycles. The van der Waals surface area contributed by atoms with Gasteiger partial charge in [0.25, 0.3) is 5.91 Å². The van der Waals surface area contributed by atoms with E-state index in [2.05, 4.69) is 5.10 Å². The zero-order valence-corrected chi connectivity index (χ0v) is 21.9. The average molecular weight is 528 g/mol. The number of aliphatic hydroxyl groups excluding tert-OH is 1. The molecule has 2 aromatic carbocycles. The van der Waals surface area contributed by atoms with Crippen molar-refractivity contribution in [2.45, 2.75) is 30.7 Å². The molecule has 37 heavy (non-hydrogen) atoms. The number of hydrogen-bond acceptors (Lipinski definition) is 8. The predicted octanol–water partition coefficient (Wildman–Crippen LogP) is 2.30. The summed E-state index contributed by atoms with van der Waals surface area (Å²) in [5, 5.41) is 13.2. The van der Waals surface area contributed by atoms with Crippen molar-refractivity contribution in [1.29, 1.82) is 0 Å². The van der Waals surface area contributed by atoms with Gasteiger partial charge in [-0.3, -0.25) is 9.59 Å². The Morgan fingerprint density at radius 3 is 2.27 bits per heavy atom. The molecule has 0 bridgehead atoms. The molecule has 0 fully saturated rings. The smallest absolute Gasteiger partial charge is 0.316 e. The molecule has 10 nitrogen and oxygen atoms in total. The summed E-state index contributed by atoms with van der Waals surface area (Å²) in [4.78, 5) is 27.7. The van der Waals surface area contributed by atoms with E-state index in [1.54, 1.807) is 74.4 Å². The Hall–Kier alpha value is -3.70. The number of hydrogen-bond donors (Lipinski definition) is 1. The second kappa shape index (κ2) is 9.98. The number of rotatable bonds is 8. The maximum atomic E-state index is 13.7. The minimum absolute atomic E-state index is 0.0810. The lowest BCUT2D eigenvalue weighted by Gasteiger charge is -2.29. The van der Waals surface area contributed by atoms with Gasteiger partial charge < -0.3 is 19.5 Å². The lowest BCUT2D eigenvalue weighted by atomic mass is 9.84. The summed E-state index contributed by atoms with van der Waals surface area (Å²) in [6.07, 6.45) is 1.39. The van der Waals surface area contributed by atoms with Crippen LogP contribution in [0.2, 0.25) is 0 Å². The Morgan fingerprint density at radius 1 is 1.08 bits per heavy atom. The molecule has 0 atom stereocenters. The molecule has 1 N–H and O–H groups in total. The van der Waals surface area contributed by atoms with E-state index in [0.29, 0.717) is 34.7 Å². The van der Waals surface area contributed by atoms with E-state index in [-0.39, 0.29) is 36.4 Å². The minimum Gasteiger partial charge on any atom is -0.497 e. The first-order valence-corrected chi connectivity index (χ1v) is 13.5. The first-order valence-electron chi connectivity index (χ1n) is 11.7. The van der Waals surface area contributed by atoms with Gasteiger partial charge in [-0.1, -0.05) is 12.1 Å². The van der Waals surface area contributed by atoms with E-state index in [9.17, 15) is 18.0 Å². The summed E-state index contributed by atoms with van der Waals surface area (Å²) in [5.74, 6) is -0.233. The van der Waals surface area contributed by atoms with Gasteiger partial charge in [-0.05, 0) is 62.2 Å². The van der Waals surface area contributed by atoms with E-state index < -0.39 is 21.2 Å². The second-order valence-corrected chi connectivity index (χ2v) is 11.2. The number of nitrogens with zero attached hydrogens (tertiary/aromatic N) is 3. The maximum absolute atomic E-state index is 13.7. The standard InChI is InChI=1S/C26H29N3O7S/c1-26(2,25(32)36-16-15-30)17-5-7-18(8-6-17)28-14-13-21-22(24(28)31)29(27-23(21)37(4,33)34)19-9-11-20(35-3)12-10-19/h5-12,30H,13-16H2,1-4H3. The largest absolute Gasteiger partial charge is 0.497 e. The molecule has 0 aliphatic carbocycles. The van der Waals surface area contributed by atoms with E-state index >= 15 is 0 Å². The van der Waals surface area contributed by atoms with Gasteiger partial charge in [-0.2, -0.15) is 5.10 Å². The monoisotopic (exact) mass is 527 g/mol. The Balaban J connectivity index is 1.70. The number of methoxy groups -OCH3 is 1. The molecular weight excluding hydrogens is 498 g/mol. The van der Waals surface area contributed by atoms with Crippen LogP contribution in [0, 0.1) is 0 Å². The molecular formula is C26H29N3O7S. The van der Waals surface area contributed by atoms with E-state index in [1.165, 1.54) is 4.68 Å². The number of benzene rings is 2. The molecule has 196 valence electrons. The highest BCUT2D eigenvalue weighted by molar-refractivity contribution is 7.90. The molecule has 1 aliphatic heterocycles. The van der Waals surface area contributed by atoms with Gasteiger partial charge in [0.05, 0.1) is 24.8 Å². The van der Waals surface area contributed by atoms with Gasteiger partial charge in [-0.15, -0.1) is 0 Å². The van der Waals surface area contributed by atoms with Crippen molar-refractivity contribution in [2.75, 3.05) is 38.0 Å². The number of anilines is 1. The summed E-state index contributed by atoms with van der Waals surface area (Å²) in [7, 11) is -2.13. The van der Waals surface area contributed by atoms with Gasteiger partial charge in [-0.25, -0.2) is 13.1 Å². The van der Waals surface area contributed by atoms with Crippen LogP contribution >= 0.6 is 0 Å². The highest BCUT2D eigenvalue weighted by atomic mass is 32.2. The van der Waals surface area contributed by atoms with Crippen LogP contribution in [0.15, 0.2) is 53.6 Å². The zero-order chi connectivity index (χ0) is 27.0. The number of carbonyl (C=O) groups excluding carboxylic acids is 2. The number of aromatic nitrogens is 2. The summed E-state index contributed by atoms with van der Waals surface area (Å²) in [6.45, 7) is 3.38. The first-order chi connectivity index (χ1) is 17.5. The molecule has 4 rings (SSSR count). The van der Waals surface area contributed by atoms with Crippen LogP contribution in [0.1, 0.15) is 35.5 Å². The van der Waals surface area contributed by atoms with Gasteiger partial charge >= 0.3 is 5.97 Å². The molecule has 3 aromatic rings. The molecule has 0 saturated carbocycles. The summed E-state index contributed by atoms with van der Waals surface area (Å²) in [5.41, 5.74) is 1.44. The minimum atomic E-state index is -3.67. The Labute approximate surface area is 215 Å². The van der Waals surface area contributed by atoms with Gasteiger partial charge in [0, 0.05) is 24.1 Å². The number of esters is 1. The Kier molecular flexibility index (Phi) is 7.11. The fourth-order valence-electron chi connectivity index (χ4n) is 4.28. The van der Waals surface area contributed by atoms with Gasteiger partial charge in [0.2, 0.25) is 0 Å². The quantitative estimate of drug-likeness (QED) is 0.442. The van der Waals surface area contributed by atoms with Crippen LogP contribution in [-0.4, -0.2) is 68.3 Å². The van der Waals surface area contributed by atoms with E-state index in [4.69, 9.17) is 14.6 Å². The van der Waals surface area contributed by atoms with Crippen LogP contribution in [-0.2, 0) is 31.2 Å². The van der Waals surface area contributed by atoms with Crippen LogP contribution in [0.3, 0.4) is 0 Å². The lowest BCUT2D eigenvalue weighted by Crippen LogP contribution is -2.39. The van der Waals surface area contributed by atoms with Crippen LogP contribution in [0.4, 0.5) is 5.69 Å². The summed E-state index contributed by atoms with van der Waals surface area (Å²) >= 11 is 0. The molecule has 2 heterocycles. The number of carbonyl (C=O) groups is 2. The number of aliphatic hydroxyl groups is 1. The third-order valence-electron chi connectivity index (χ3n) is 6.38. The normalized spacial score (nSPS) is 13.9. The Bertz CT molecular complexity index is 1430. The molecule has 0 unspecified atom stereocenters. The molecule has 1 amide bonds. The van der Waals surface area contributed by atoms with Crippen LogP contribution < -0.4 is 9.64 Å². The summed E-state index contributed by atoms with van der Waals surface area (Å²) < 4.78 is 36.6. The molecule has 0 radical (unpaired) electrons. The fourth-order valence-corrected chi connectivity index (χ4v) is 5.15. The fraction of sp³-hybridized carbons (Fsp3) is 0.346. The van der Waals surface area contributed by atoms with Crippen molar-refractivity contribution < 1.29 is 32.6 Å². The Morgan fingerprint density at radius 2 is 1.70 bits per heavy atom. The van der Waals surface area contributed by atoms with Crippen molar-refractivity contribution >= 4 is 27.4 Å². The first kappa shape index (κ1) is 26.4. The van der Waals surface area contributed by atoms with Crippen LogP contribution in [0.5, 0.6) is 5.75 Å². The molecule has 0 spiro atoms. The van der Waals surface area contributed by atoms with E-state index in [0.717, 1.165) is 6.26 Å². The number of fused-ring (bicyclic) bond motifs is 1. The average Bonchev–Trinajstić information content (AvgIpc) is 3.29. The molecule has 11 heteroatoms. The van der Waals surface area contributed by atoms with Crippen LogP contribution in [0.25, 0.3) is 5.69 Å². The summed E-state index contributed by atoms with van der Waals surface area (Å²) in [6, 6.07) is 13.8. The third-order valence-corrected chi connectivity index (χ3v) is 7.41. The number of amides is 1. The second-order valence-electron chi connectivity index (χ2n) is 9.25. The van der Waals surface area contributed by atoms with Gasteiger partial charge in [0.1, 0.15) is 18.1 Å². The number of ether oxygens (including phenoxy) is 2. The van der Waals surface area contributed by atoms with Crippen molar-refractivity contribution in [2.24, 2.45) is 0 Å². The topological polar surface area (TPSA) is 128 Å². The number of sulfone groups is 1. The predicted molar refractivity (Wildman–Crippen MR) is 136 cm³/mol. The van der Waals surface area contributed by atoms with Crippen molar-refractivity contribution in [3.63, 3.8) is 0 Å². The van der Waals surface area contributed by atoms with E-state index in [1.807, 2.05) is 0 Å². The third kappa shape index (κ3) is 4.96.